The number of carbonyl (C=O) groups excluding carboxylic acids is 2. The summed E-state index contributed by atoms with van der Waals surface area (Å²) in [5.74, 6) is 1.04. The number of rotatable bonds is 9. The molecule has 0 aliphatic rings. The van der Waals surface area contributed by atoms with Crippen LogP contribution in [0.2, 0.25) is 0 Å². The van der Waals surface area contributed by atoms with Crippen molar-refractivity contribution in [2.24, 2.45) is 5.92 Å². The summed E-state index contributed by atoms with van der Waals surface area (Å²) in [4.78, 5) is 26.6. The van der Waals surface area contributed by atoms with Crippen molar-refractivity contribution in [1.29, 1.82) is 0 Å². The summed E-state index contributed by atoms with van der Waals surface area (Å²) in [7, 11) is 0. The second-order valence-electron chi connectivity index (χ2n) is 7.07. The highest BCUT2D eigenvalue weighted by atomic mass is 16.5. The third kappa shape index (κ3) is 6.12. The van der Waals surface area contributed by atoms with Gasteiger partial charge in [0, 0.05) is 29.9 Å². The molecular formula is C23H30N2O3. The van der Waals surface area contributed by atoms with E-state index in [4.69, 9.17) is 4.74 Å². The van der Waals surface area contributed by atoms with E-state index in [-0.39, 0.29) is 11.8 Å². The largest absolute Gasteiger partial charge is 0.494 e. The summed E-state index contributed by atoms with van der Waals surface area (Å²) < 4.78 is 5.72. The molecule has 2 amide bonds. The van der Waals surface area contributed by atoms with Gasteiger partial charge >= 0.3 is 0 Å². The van der Waals surface area contributed by atoms with Crippen LogP contribution in [0, 0.1) is 5.92 Å². The van der Waals surface area contributed by atoms with Crippen LogP contribution in [0.15, 0.2) is 48.5 Å². The first-order valence-corrected chi connectivity index (χ1v) is 9.88. The van der Waals surface area contributed by atoms with Crippen molar-refractivity contribution < 1.29 is 14.3 Å². The van der Waals surface area contributed by atoms with Crippen molar-refractivity contribution in [2.75, 3.05) is 25.0 Å². The second-order valence-corrected chi connectivity index (χ2v) is 7.07. The van der Waals surface area contributed by atoms with Gasteiger partial charge in [0.2, 0.25) is 0 Å². The number of anilines is 1. The quantitative estimate of drug-likeness (QED) is 0.675. The molecule has 2 aromatic carbocycles. The van der Waals surface area contributed by atoms with E-state index >= 15 is 0 Å². The molecule has 0 radical (unpaired) electrons. The molecule has 0 saturated carbocycles. The van der Waals surface area contributed by atoms with Gasteiger partial charge in [-0.2, -0.15) is 0 Å². The Morgan fingerprint density at radius 3 is 2.29 bits per heavy atom. The molecule has 2 rings (SSSR count). The van der Waals surface area contributed by atoms with Gasteiger partial charge in [-0.25, -0.2) is 0 Å². The summed E-state index contributed by atoms with van der Waals surface area (Å²) in [6, 6.07) is 14.1. The van der Waals surface area contributed by atoms with Crippen LogP contribution in [-0.2, 0) is 0 Å². The maximum absolute atomic E-state index is 12.5. The highest BCUT2D eigenvalue weighted by Crippen LogP contribution is 2.17. The average molecular weight is 383 g/mol. The maximum atomic E-state index is 12.5. The molecule has 0 unspecified atom stereocenters. The van der Waals surface area contributed by atoms with Crippen LogP contribution in [0.3, 0.4) is 0 Å². The molecule has 150 valence electrons. The lowest BCUT2D eigenvalue weighted by Crippen LogP contribution is -2.30. The van der Waals surface area contributed by atoms with Gasteiger partial charge in [-0.3, -0.25) is 9.59 Å². The molecule has 0 aromatic heterocycles. The molecule has 0 spiro atoms. The molecule has 0 heterocycles. The number of hydrogen-bond acceptors (Lipinski definition) is 3. The smallest absolute Gasteiger partial charge is 0.255 e. The molecule has 5 nitrogen and oxygen atoms in total. The Bertz CT molecular complexity index is 781. The first-order chi connectivity index (χ1) is 13.4. The molecule has 0 atom stereocenters. The molecule has 0 saturated heterocycles. The van der Waals surface area contributed by atoms with Crippen molar-refractivity contribution >= 4 is 17.5 Å². The Morgan fingerprint density at radius 1 is 1.00 bits per heavy atom. The van der Waals surface area contributed by atoms with E-state index in [1.54, 1.807) is 41.3 Å². The van der Waals surface area contributed by atoms with Gasteiger partial charge in [0.25, 0.3) is 11.8 Å². The number of carbonyl (C=O) groups is 2. The lowest BCUT2D eigenvalue weighted by molar-refractivity contribution is 0.0773. The molecule has 0 fully saturated rings. The molecule has 2 aromatic rings. The van der Waals surface area contributed by atoms with E-state index in [0.717, 1.165) is 6.42 Å². The third-order valence-corrected chi connectivity index (χ3v) is 4.50. The van der Waals surface area contributed by atoms with Gasteiger partial charge in [-0.05, 0) is 68.7 Å². The number of benzene rings is 2. The summed E-state index contributed by atoms with van der Waals surface area (Å²) in [6.07, 6.45) is 0.967. The van der Waals surface area contributed by atoms with Gasteiger partial charge < -0.3 is 15.0 Å². The highest BCUT2D eigenvalue weighted by Gasteiger charge is 2.13. The minimum absolute atomic E-state index is 0.00544. The molecule has 28 heavy (non-hydrogen) atoms. The first kappa shape index (κ1) is 21.5. The van der Waals surface area contributed by atoms with Crippen LogP contribution in [0.5, 0.6) is 5.75 Å². The summed E-state index contributed by atoms with van der Waals surface area (Å²) >= 11 is 0. The van der Waals surface area contributed by atoms with Crippen LogP contribution in [0.4, 0.5) is 5.69 Å². The van der Waals surface area contributed by atoms with Crippen LogP contribution < -0.4 is 10.1 Å². The fourth-order valence-corrected chi connectivity index (χ4v) is 2.73. The Kier molecular flexibility index (Phi) is 8.05. The van der Waals surface area contributed by atoms with Crippen molar-refractivity contribution in [3.8, 4) is 5.75 Å². The van der Waals surface area contributed by atoms with E-state index in [1.165, 1.54) is 0 Å². The van der Waals surface area contributed by atoms with Crippen molar-refractivity contribution in [1.82, 2.24) is 4.90 Å². The molecule has 1 N–H and O–H groups in total. The summed E-state index contributed by atoms with van der Waals surface area (Å²) in [5.41, 5.74) is 1.79. The summed E-state index contributed by atoms with van der Waals surface area (Å²) in [6.45, 7) is 10.2. The van der Waals surface area contributed by atoms with Crippen LogP contribution in [0.1, 0.15) is 54.8 Å². The number of nitrogens with one attached hydrogen (secondary N) is 1. The van der Waals surface area contributed by atoms with Crippen molar-refractivity contribution in [3.63, 3.8) is 0 Å². The monoisotopic (exact) mass is 382 g/mol. The standard InChI is InChI=1S/C23H30N2O3/c1-5-25(6-2)23(27)18-10-12-20(13-11-18)24-22(26)19-8-7-9-21(16-19)28-15-14-17(3)4/h7-13,16-17H,5-6,14-15H2,1-4H3,(H,24,26). The second kappa shape index (κ2) is 10.5. The van der Waals surface area contributed by atoms with E-state index in [2.05, 4.69) is 19.2 Å². The predicted molar refractivity (Wildman–Crippen MR) is 113 cm³/mol. The average Bonchev–Trinajstić information content (AvgIpc) is 2.69. The maximum Gasteiger partial charge on any atom is 0.255 e. The zero-order valence-corrected chi connectivity index (χ0v) is 17.2. The SMILES string of the molecule is CCN(CC)C(=O)c1ccc(NC(=O)c2cccc(OCCC(C)C)c2)cc1. The lowest BCUT2D eigenvalue weighted by atomic mass is 10.1. The first-order valence-electron chi connectivity index (χ1n) is 9.88. The zero-order valence-electron chi connectivity index (χ0n) is 17.2. The van der Waals surface area contributed by atoms with Crippen LogP contribution >= 0.6 is 0 Å². The fraction of sp³-hybridized carbons (Fsp3) is 0.391. The minimum Gasteiger partial charge on any atom is -0.494 e. The molecule has 0 aliphatic carbocycles. The molecule has 0 bridgehead atoms. The van der Waals surface area contributed by atoms with Gasteiger partial charge in [-0.15, -0.1) is 0 Å². The van der Waals surface area contributed by atoms with Crippen LogP contribution in [0.25, 0.3) is 0 Å². The Labute approximate surface area is 167 Å². The number of nitrogens with zero attached hydrogens (tertiary/aromatic N) is 1. The Balaban J connectivity index is 2.00. The normalized spacial score (nSPS) is 10.6. The molecular weight excluding hydrogens is 352 g/mol. The topological polar surface area (TPSA) is 58.6 Å². The Hall–Kier alpha value is -2.82. The summed E-state index contributed by atoms with van der Waals surface area (Å²) in [5, 5.41) is 2.86. The molecule has 5 heteroatoms. The fourth-order valence-electron chi connectivity index (χ4n) is 2.73. The highest BCUT2D eigenvalue weighted by molar-refractivity contribution is 6.04. The number of hydrogen-bond donors (Lipinski definition) is 1. The Morgan fingerprint density at radius 2 is 1.68 bits per heavy atom. The van der Waals surface area contributed by atoms with Gasteiger partial charge in [0.05, 0.1) is 6.61 Å². The van der Waals surface area contributed by atoms with Gasteiger partial charge in [-0.1, -0.05) is 19.9 Å². The van der Waals surface area contributed by atoms with E-state index in [9.17, 15) is 9.59 Å². The molecule has 0 aliphatic heterocycles. The number of ether oxygens (including phenoxy) is 1. The zero-order chi connectivity index (χ0) is 20.5. The van der Waals surface area contributed by atoms with Crippen LogP contribution in [-0.4, -0.2) is 36.4 Å². The lowest BCUT2D eigenvalue weighted by Gasteiger charge is -2.18. The van der Waals surface area contributed by atoms with Crippen molar-refractivity contribution in [3.05, 3.63) is 59.7 Å². The number of amides is 2. The van der Waals surface area contributed by atoms with Gasteiger partial charge in [0.1, 0.15) is 5.75 Å². The van der Waals surface area contributed by atoms with E-state index in [0.29, 0.717) is 48.2 Å². The minimum atomic E-state index is -0.211. The van der Waals surface area contributed by atoms with E-state index < -0.39 is 0 Å². The predicted octanol–water partition coefficient (Wildman–Crippen LogP) is 4.85. The van der Waals surface area contributed by atoms with Crippen molar-refractivity contribution in [2.45, 2.75) is 34.1 Å². The van der Waals surface area contributed by atoms with E-state index in [1.807, 2.05) is 26.0 Å². The third-order valence-electron chi connectivity index (χ3n) is 4.50. The van der Waals surface area contributed by atoms with Gasteiger partial charge in [0.15, 0.2) is 0 Å².